The molecule has 1 atom stereocenters. The molecule has 1 saturated carbocycles. The van der Waals surface area contributed by atoms with E-state index in [9.17, 15) is 13.2 Å². The highest BCUT2D eigenvalue weighted by molar-refractivity contribution is 7.91. The van der Waals surface area contributed by atoms with Crippen LogP contribution in [0.1, 0.15) is 37.7 Å². The fraction of sp³-hybridized carbons (Fsp3) is 0.556. The minimum atomic E-state index is -3.05. The zero-order chi connectivity index (χ0) is 17.9. The van der Waals surface area contributed by atoms with Crippen molar-refractivity contribution < 1.29 is 17.9 Å². The summed E-state index contributed by atoms with van der Waals surface area (Å²) in [5, 5.41) is 8.93. The van der Waals surface area contributed by atoms with Gasteiger partial charge < -0.3 is 9.64 Å². The second-order valence-electron chi connectivity index (χ2n) is 6.72. The lowest BCUT2D eigenvalue weighted by atomic mass is 10.1. The van der Waals surface area contributed by atoms with Crippen LogP contribution in [0.4, 0.5) is 0 Å². The number of nitriles is 1. The van der Waals surface area contributed by atoms with Gasteiger partial charge in [0.05, 0.1) is 23.1 Å². The second-order valence-corrected chi connectivity index (χ2v) is 8.95. The van der Waals surface area contributed by atoms with Crippen LogP contribution in [0.3, 0.4) is 0 Å². The topological polar surface area (TPSA) is 87.5 Å². The van der Waals surface area contributed by atoms with E-state index < -0.39 is 9.84 Å². The Balaban J connectivity index is 1.69. The van der Waals surface area contributed by atoms with E-state index >= 15 is 0 Å². The van der Waals surface area contributed by atoms with Gasteiger partial charge in [-0.15, -0.1) is 0 Å². The quantitative estimate of drug-likeness (QED) is 0.798. The molecule has 7 heteroatoms. The summed E-state index contributed by atoms with van der Waals surface area (Å²) in [6.07, 6.45) is 4.49. The fourth-order valence-corrected chi connectivity index (χ4v) is 5.47. The molecule has 0 unspecified atom stereocenters. The summed E-state index contributed by atoms with van der Waals surface area (Å²) in [5.74, 6) is 0.507. The lowest BCUT2D eigenvalue weighted by Crippen LogP contribution is -2.48. The first-order valence-electron chi connectivity index (χ1n) is 8.63. The summed E-state index contributed by atoms with van der Waals surface area (Å²) in [6.45, 7) is -0.137. The van der Waals surface area contributed by atoms with Crippen molar-refractivity contribution >= 4 is 15.7 Å². The zero-order valence-electron chi connectivity index (χ0n) is 14.1. The van der Waals surface area contributed by atoms with Crippen molar-refractivity contribution in [2.75, 3.05) is 18.1 Å². The molecule has 1 aromatic rings. The van der Waals surface area contributed by atoms with Crippen LogP contribution in [0.15, 0.2) is 24.3 Å². The molecule has 3 rings (SSSR count). The molecule has 1 heterocycles. The number of carbonyl (C=O) groups is 1. The number of hydrogen-bond donors (Lipinski definition) is 0. The van der Waals surface area contributed by atoms with Crippen molar-refractivity contribution in [1.82, 2.24) is 4.90 Å². The monoisotopic (exact) mass is 362 g/mol. The number of sulfone groups is 1. The number of ether oxygens (including phenoxy) is 1. The average molecular weight is 362 g/mol. The SMILES string of the molecule is N#Cc1cccc(OCC(=O)N(C2CCCC2)[C@@H]2CCS(=O)(=O)C2)c1. The molecule has 134 valence electrons. The summed E-state index contributed by atoms with van der Waals surface area (Å²) in [7, 11) is -3.05. The Labute approximate surface area is 148 Å². The Kier molecular flexibility index (Phi) is 5.28. The molecule has 0 bridgehead atoms. The van der Waals surface area contributed by atoms with Crippen molar-refractivity contribution in [2.45, 2.75) is 44.2 Å². The molecule has 0 radical (unpaired) electrons. The van der Waals surface area contributed by atoms with Crippen LogP contribution in [0.5, 0.6) is 5.75 Å². The Morgan fingerprint density at radius 3 is 2.64 bits per heavy atom. The third-order valence-electron chi connectivity index (χ3n) is 4.93. The summed E-state index contributed by atoms with van der Waals surface area (Å²) in [4.78, 5) is 14.6. The van der Waals surface area contributed by atoms with Crippen LogP contribution >= 0.6 is 0 Å². The summed E-state index contributed by atoms with van der Waals surface area (Å²) < 4.78 is 29.2. The molecule has 1 aliphatic carbocycles. The average Bonchev–Trinajstić information content (AvgIpc) is 3.23. The number of carbonyl (C=O) groups excluding carboxylic acids is 1. The summed E-state index contributed by atoms with van der Waals surface area (Å²) in [5.41, 5.74) is 0.472. The Hall–Kier alpha value is -2.07. The second kappa shape index (κ2) is 7.44. The van der Waals surface area contributed by atoms with Crippen molar-refractivity contribution in [3.8, 4) is 11.8 Å². The maximum absolute atomic E-state index is 12.8. The molecule has 0 N–H and O–H groups in total. The van der Waals surface area contributed by atoms with Crippen molar-refractivity contribution in [3.63, 3.8) is 0 Å². The number of rotatable bonds is 5. The Morgan fingerprint density at radius 2 is 2.00 bits per heavy atom. The third-order valence-corrected chi connectivity index (χ3v) is 6.68. The highest BCUT2D eigenvalue weighted by atomic mass is 32.2. The molecule has 1 aliphatic heterocycles. The van der Waals surface area contributed by atoms with Gasteiger partial charge in [0.1, 0.15) is 5.75 Å². The largest absolute Gasteiger partial charge is 0.484 e. The van der Waals surface area contributed by atoms with Crippen LogP contribution in [0, 0.1) is 11.3 Å². The van der Waals surface area contributed by atoms with Gasteiger partial charge in [0.25, 0.3) is 5.91 Å². The number of amides is 1. The van der Waals surface area contributed by atoms with E-state index in [1.165, 1.54) is 0 Å². The molecular weight excluding hydrogens is 340 g/mol. The van der Waals surface area contributed by atoms with E-state index in [4.69, 9.17) is 10.00 Å². The molecule has 25 heavy (non-hydrogen) atoms. The molecule has 0 aromatic heterocycles. The molecule has 0 spiro atoms. The van der Waals surface area contributed by atoms with Crippen LogP contribution in [-0.2, 0) is 14.6 Å². The van der Waals surface area contributed by atoms with Gasteiger partial charge in [0, 0.05) is 12.1 Å². The predicted octanol–water partition coefficient (Wildman–Crippen LogP) is 1.90. The number of hydrogen-bond acceptors (Lipinski definition) is 5. The smallest absolute Gasteiger partial charge is 0.261 e. The molecular formula is C18H22N2O4S. The van der Waals surface area contributed by atoms with E-state index in [-0.39, 0.29) is 36.1 Å². The van der Waals surface area contributed by atoms with Gasteiger partial charge >= 0.3 is 0 Å². The first kappa shape index (κ1) is 17.7. The van der Waals surface area contributed by atoms with Gasteiger partial charge in [-0.1, -0.05) is 18.9 Å². The lowest BCUT2D eigenvalue weighted by molar-refractivity contribution is -0.137. The molecule has 1 aromatic carbocycles. The maximum Gasteiger partial charge on any atom is 0.261 e. The normalized spacial score (nSPS) is 22.4. The first-order valence-corrected chi connectivity index (χ1v) is 10.5. The van der Waals surface area contributed by atoms with Crippen LogP contribution in [-0.4, -0.2) is 49.4 Å². The predicted molar refractivity (Wildman–Crippen MR) is 92.8 cm³/mol. The van der Waals surface area contributed by atoms with E-state index in [0.717, 1.165) is 25.7 Å². The number of nitrogens with zero attached hydrogens (tertiary/aromatic N) is 2. The highest BCUT2D eigenvalue weighted by Gasteiger charge is 2.39. The van der Waals surface area contributed by atoms with E-state index in [1.54, 1.807) is 29.2 Å². The Morgan fingerprint density at radius 1 is 1.24 bits per heavy atom. The van der Waals surface area contributed by atoms with E-state index in [2.05, 4.69) is 0 Å². The molecule has 2 fully saturated rings. The minimum Gasteiger partial charge on any atom is -0.484 e. The van der Waals surface area contributed by atoms with Crippen molar-refractivity contribution in [2.24, 2.45) is 0 Å². The zero-order valence-corrected chi connectivity index (χ0v) is 14.9. The number of benzene rings is 1. The molecule has 1 saturated heterocycles. The van der Waals surface area contributed by atoms with Gasteiger partial charge in [-0.3, -0.25) is 4.79 Å². The molecule has 6 nitrogen and oxygen atoms in total. The van der Waals surface area contributed by atoms with Gasteiger partial charge in [-0.25, -0.2) is 8.42 Å². The summed E-state index contributed by atoms with van der Waals surface area (Å²) in [6, 6.07) is 8.57. The molecule has 1 amide bonds. The highest BCUT2D eigenvalue weighted by Crippen LogP contribution is 2.29. The minimum absolute atomic E-state index is 0.0547. The molecule has 2 aliphatic rings. The van der Waals surface area contributed by atoms with Gasteiger partial charge in [0.2, 0.25) is 0 Å². The van der Waals surface area contributed by atoms with Crippen LogP contribution in [0.25, 0.3) is 0 Å². The van der Waals surface area contributed by atoms with Crippen molar-refractivity contribution in [3.05, 3.63) is 29.8 Å². The van der Waals surface area contributed by atoms with Gasteiger partial charge in [-0.05, 0) is 37.5 Å². The Bertz CT molecular complexity index is 779. The first-order chi connectivity index (χ1) is 12.0. The van der Waals surface area contributed by atoms with Crippen LogP contribution in [0.2, 0.25) is 0 Å². The maximum atomic E-state index is 12.8. The van der Waals surface area contributed by atoms with Crippen LogP contribution < -0.4 is 4.74 Å². The summed E-state index contributed by atoms with van der Waals surface area (Å²) >= 11 is 0. The fourth-order valence-electron chi connectivity index (χ4n) is 3.76. The standard InChI is InChI=1S/C18H22N2O4S/c19-11-14-4-3-7-17(10-14)24-12-18(21)20(15-5-1-2-6-15)16-8-9-25(22,23)13-16/h3-4,7,10,15-16H,1-2,5-6,8-9,12-13H2/t16-/m1/s1. The third kappa shape index (κ3) is 4.31. The van der Waals surface area contributed by atoms with Gasteiger partial charge in [-0.2, -0.15) is 5.26 Å². The van der Waals surface area contributed by atoms with E-state index in [1.807, 2.05) is 6.07 Å². The van der Waals surface area contributed by atoms with Crippen molar-refractivity contribution in [1.29, 1.82) is 5.26 Å². The van der Waals surface area contributed by atoms with E-state index in [0.29, 0.717) is 17.7 Å². The van der Waals surface area contributed by atoms with Gasteiger partial charge in [0.15, 0.2) is 16.4 Å². The lowest BCUT2D eigenvalue weighted by Gasteiger charge is -2.34.